The van der Waals surface area contributed by atoms with Crippen molar-refractivity contribution in [1.29, 1.82) is 0 Å². The number of fused-ring (bicyclic) bond motifs is 1. The number of benzene rings is 3. The van der Waals surface area contributed by atoms with Gasteiger partial charge in [-0.25, -0.2) is 0 Å². The molecule has 2 heterocycles. The van der Waals surface area contributed by atoms with Gasteiger partial charge in [0.1, 0.15) is 18.1 Å². The topological polar surface area (TPSA) is 70.1 Å². The molecular formula is C31H32N2O4S. The third kappa shape index (κ3) is 5.59. The Morgan fingerprint density at radius 1 is 0.921 bits per heavy atom. The number of aromatic hydroxyl groups is 1. The van der Waals surface area contributed by atoms with Crippen molar-refractivity contribution in [2.75, 3.05) is 40.3 Å². The zero-order chi connectivity index (χ0) is 26.6. The van der Waals surface area contributed by atoms with Crippen LogP contribution in [0.25, 0.3) is 20.5 Å². The lowest BCUT2D eigenvalue weighted by Crippen LogP contribution is -2.33. The molecule has 0 atom stereocenters. The van der Waals surface area contributed by atoms with Gasteiger partial charge in [-0.15, -0.1) is 11.3 Å². The number of carbonyl (C=O) groups excluding carboxylic acids is 2. The molecule has 6 nitrogen and oxygen atoms in total. The van der Waals surface area contributed by atoms with E-state index in [9.17, 15) is 14.7 Å². The molecule has 196 valence electrons. The molecule has 1 aliphatic rings. The second-order valence-electron chi connectivity index (χ2n) is 9.87. The van der Waals surface area contributed by atoms with E-state index in [1.807, 2.05) is 36.4 Å². The van der Waals surface area contributed by atoms with E-state index < -0.39 is 0 Å². The van der Waals surface area contributed by atoms with Gasteiger partial charge in [0.2, 0.25) is 0 Å². The van der Waals surface area contributed by atoms with Crippen LogP contribution >= 0.6 is 11.3 Å². The molecule has 0 aliphatic carbocycles. The van der Waals surface area contributed by atoms with E-state index in [2.05, 4.69) is 4.90 Å². The molecule has 1 N–H and O–H groups in total. The number of nitrogens with zero attached hydrogens (tertiary/aromatic N) is 2. The van der Waals surface area contributed by atoms with Crippen LogP contribution in [0.5, 0.6) is 11.5 Å². The quantitative estimate of drug-likeness (QED) is 0.281. The molecule has 4 aromatic rings. The average Bonchev–Trinajstić information content (AvgIpc) is 3.31. The third-order valence-corrected chi connectivity index (χ3v) is 8.14. The van der Waals surface area contributed by atoms with Crippen LogP contribution in [-0.4, -0.2) is 66.9 Å². The average molecular weight is 529 g/mol. The molecule has 1 aliphatic heterocycles. The molecule has 0 saturated carbocycles. The van der Waals surface area contributed by atoms with Crippen molar-refractivity contribution in [3.8, 4) is 21.9 Å². The van der Waals surface area contributed by atoms with Crippen molar-refractivity contribution in [3.05, 3.63) is 83.4 Å². The highest BCUT2D eigenvalue weighted by Gasteiger charge is 2.22. The van der Waals surface area contributed by atoms with Gasteiger partial charge in [0.15, 0.2) is 5.78 Å². The Kier molecular flexibility index (Phi) is 7.77. The van der Waals surface area contributed by atoms with Crippen molar-refractivity contribution in [1.82, 2.24) is 9.80 Å². The monoisotopic (exact) mass is 528 g/mol. The fraction of sp³-hybridized carbons (Fsp3) is 0.290. The van der Waals surface area contributed by atoms with Gasteiger partial charge >= 0.3 is 0 Å². The van der Waals surface area contributed by atoms with Crippen molar-refractivity contribution >= 4 is 33.1 Å². The summed E-state index contributed by atoms with van der Waals surface area (Å²) in [5.74, 6) is 0.736. The Bertz CT molecular complexity index is 1440. The van der Waals surface area contributed by atoms with Gasteiger partial charge in [0.25, 0.3) is 5.91 Å². The molecule has 38 heavy (non-hydrogen) atoms. The molecule has 1 amide bonds. The Labute approximate surface area is 227 Å². The fourth-order valence-corrected chi connectivity index (χ4v) is 6.10. The van der Waals surface area contributed by atoms with Crippen molar-refractivity contribution in [3.63, 3.8) is 0 Å². The molecule has 1 saturated heterocycles. The van der Waals surface area contributed by atoms with Crippen LogP contribution in [-0.2, 0) is 0 Å². The van der Waals surface area contributed by atoms with Crippen LogP contribution in [0.1, 0.15) is 45.5 Å². The lowest BCUT2D eigenvalue weighted by molar-refractivity contribution is 0.0827. The lowest BCUT2D eigenvalue weighted by Gasteiger charge is -2.26. The van der Waals surface area contributed by atoms with Gasteiger partial charge in [-0.1, -0.05) is 18.6 Å². The number of phenolic OH excluding ortho intramolecular Hbond substituents is 1. The largest absolute Gasteiger partial charge is 0.508 e. The van der Waals surface area contributed by atoms with Gasteiger partial charge in [-0.2, -0.15) is 0 Å². The summed E-state index contributed by atoms with van der Waals surface area (Å²) in [7, 11) is 3.44. The van der Waals surface area contributed by atoms with Crippen LogP contribution in [0.2, 0.25) is 0 Å². The van der Waals surface area contributed by atoms with E-state index in [0.717, 1.165) is 45.9 Å². The summed E-state index contributed by atoms with van der Waals surface area (Å²) >= 11 is 1.46. The standard InChI is InChI=1S/C31H32N2O4S/c1-32(2)31(36)23-8-6-22(7-9-23)30-28(26-15-12-24(34)20-27(26)38-30)29(35)21-10-13-25(14-11-21)37-19-18-33-16-4-3-5-17-33/h6-15,20,34H,3-5,16-19H2,1-2H3. The number of amides is 1. The number of carbonyl (C=O) groups is 2. The maximum Gasteiger partial charge on any atom is 0.253 e. The highest BCUT2D eigenvalue weighted by atomic mass is 32.1. The fourth-order valence-electron chi connectivity index (χ4n) is 4.86. The summed E-state index contributed by atoms with van der Waals surface area (Å²) in [6.07, 6.45) is 3.83. The third-order valence-electron chi connectivity index (χ3n) is 6.94. The Hall–Kier alpha value is -3.68. The van der Waals surface area contributed by atoms with E-state index in [1.54, 1.807) is 44.4 Å². The van der Waals surface area contributed by atoms with E-state index >= 15 is 0 Å². The molecule has 0 spiro atoms. The number of likely N-dealkylation sites (tertiary alicyclic amines) is 1. The number of ether oxygens (including phenoxy) is 1. The predicted octanol–water partition coefficient (Wildman–Crippen LogP) is 6.07. The summed E-state index contributed by atoms with van der Waals surface area (Å²) < 4.78 is 6.78. The minimum Gasteiger partial charge on any atom is -0.508 e. The molecule has 7 heteroatoms. The maximum absolute atomic E-state index is 13.8. The minimum atomic E-state index is -0.0924. The van der Waals surface area contributed by atoms with Gasteiger partial charge in [0.05, 0.1) is 0 Å². The van der Waals surface area contributed by atoms with Gasteiger partial charge in [0, 0.05) is 52.3 Å². The Morgan fingerprint density at radius 3 is 2.29 bits per heavy atom. The molecule has 0 bridgehead atoms. The Balaban J connectivity index is 1.40. The summed E-state index contributed by atoms with van der Waals surface area (Å²) in [4.78, 5) is 30.9. The summed E-state index contributed by atoms with van der Waals surface area (Å²) in [6, 6.07) is 19.7. The highest BCUT2D eigenvalue weighted by molar-refractivity contribution is 7.22. The van der Waals surface area contributed by atoms with E-state index in [0.29, 0.717) is 23.3 Å². The lowest BCUT2D eigenvalue weighted by atomic mass is 9.97. The van der Waals surface area contributed by atoms with E-state index in [1.165, 1.54) is 35.5 Å². The normalized spacial score (nSPS) is 13.9. The first-order chi connectivity index (χ1) is 18.4. The molecule has 5 rings (SSSR count). The molecule has 3 aromatic carbocycles. The molecule has 1 aromatic heterocycles. The second-order valence-corrected chi connectivity index (χ2v) is 10.9. The zero-order valence-corrected chi connectivity index (χ0v) is 22.6. The van der Waals surface area contributed by atoms with Crippen molar-refractivity contribution < 1.29 is 19.4 Å². The van der Waals surface area contributed by atoms with E-state index in [4.69, 9.17) is 4.74 Å². The minimum absolute atomic E-state index is 0.0765. The number of hydrogen-bond donors (Lipinski definition) is 1. The van der Waals surface area contributed by atoms with Crippen molar-refractivity contribution in [2.24, 2.45) is 0 Å². The van der Waals surface area contributed by atoms with Crippen LogP contribution in [0.4, 0.5) is 0 Å². The Morgan fingerprint density at radius 2 is 1.61 bits per heavy atom. The van der Waals surface area contributed by atoms with Crippen LogP contribution in [0.3, 0.4) is 0 Å². The van der Waals surface area contributed by atoms with E-state index in [-0.39, 0.29) is 17.4 Å². The number of thiophene rings is 1. The van der Waals surface area contributed by atoms with Crippen LogP contribution in [0.15, 0.2) is 66.7 Å². The predicted molar refractivity (Wildman–Crippen MR) is 153 cm³/mol. The first-order valence-corrected chi connectivity index (χ1v) is 13.8. The molecular weight excluding hydrogens is 496 g/mol. The zero-order valence-electron chi connectivity index (χ0n) is 21.8. The summed E-state index contributed by atoms with van der Waals surface area (Å²) in [5, 5.41) is 10.8. The molecule has 1 fully saturated rings. The number of phenols is 1. The van der Waals surface area contributed by atoms with Gasteiger partial charge < -0.3 is 14.7 Å². The van der Waals surface area contributed by atoms with Crippen molar-refractivity contribution in [2.45, 2.75) is 19.3 Å². The highest BCUT2D eigenvalue weighted by Crippen LogP contribution is 2.41. The number of piperidine rings is 1. The smallest absolute Gasteiger partial charge is 0.253 e. The summed E-state index contributed by atoms with van der Waals surface area (Å²) in [5.41, 5.74) is 2.60. The SMILES string of the molecule is CN(C)C(=O)c1ccc(-c2sc3cc(O)ccc3c2C(=O)c2ccc(OCCN3CCCCC3)cc2)cc1. The van der Waals surface area contributed by atoms with Gasteiger partial charge in [-0.3, -0.25) is 14.5 Å². The first kappa shape index (κ1) is 25.9. The second kappa shape index (κ2) is 11.4. The van der Waals surface area contributed by atoms with Crippen LogP contribution in [0, 0.1) is 0 Å². The maximum atomic E-state index is 13.8. The number of hydrogen-bond acceptors (Lipinski definition) is 6. The molecule has 0 unspecified atom stereocenters. The molecule has 0 radical (unpaired) electrons. The van der Waals surface area contributed by atoms with Crippen LogP contribution < -0.4 is 4.74 Å². The summed E-state index contributed by atoms with van der Waals surface area (Å²) in [6.45, 7) is 3.82. The van der Waals surface area contributed by atoms with Gasteiger partial charge in [-0.05, 0) is 86.1 Å². The first-order valence-electron chi connectivity index (χ1n) is 13.0. The number of rotatable bonds is 8. The number of ketones is 1.